The minimum absolute atomic E-state index is 0.207. The quantitative estimate of drug-likeness (QED) is 0.579. The van der Waals surface area contributed by atoms with Crippen molar-refractivity contribution in [2.75, 3.05) is 38.2 Å². The molecule has 0 atom stereocenters. The summed E-state index contributed by atoms with van der Waals surface area (Å²) in [5, 5.41) is 3.57. The number of hydrogen-bond donors (Lipinski definition) is 1. The lowest BCUT2D eigenvalue weighted by Gasteiger charge is -2.32. The lowest BCUT2D eigenvalue weighted by atomic mass is 9.89. The fraction of sp³-hybridized carbons (Fsp3) is 0.385. The summed E-state index contributed by atoms with van der Waals surface area (Å²) in [6.45, 7) is 4.79. The molecule has 5 rings (SSSR count). The third-order valence-corrected chi connectivity index (χ3v) is 6.57. The fourth-order valence-electron chi connectivity index (χ4n) is 4.73. The number of aryl methyl sites for hydroxylation is 1. The maximum Gasteiger partial charge on any atom is 0.262 e. The van der Waals surface area contributed by atoms with Gasteiger partial charge in [0.2, 0.25) is 5.82 Å². The molecule has 2 aliphatic rings. The van der Waals surface area contributed by atoms with Gasteiger partial charge in [0.1, 0.15) is 12.4 Å². The van der Waals surface area contributed by atoms with Crippen molar-refractivity contribution < 1.29 is 23.0 Å². The topological polar surface area (TPSA) is 63.7 Å². The molecule has 2 aromatic carbocycles. The number of amides is 1. The normalized spacial score (nSPS) is 16.7. The average Bonchev–Trinajstić information content (AvgIpc) is 2.83. The number of nitrogens with one attached hydrogen (secondary N) is 1. The number of hydrogen-bond acceptors (Lipinski definition) is 5. The van der Waals surface area contributed by atoms with Crippen LogP contribution in [0, 0.1) is 24.5 Å². The van der Waals surface area contributed by atoms with E-state index in [1.165, 1.54) is 6.07 Å². The summed E-state index contributed by atoms with van der Waals surface area (Å²) < 4.78 is 40.1. The summed E-state index contributed by atoms with van der Waals surface area (Å²) in [7, 11) is 0. The number of carbonyl (C=O) groups is 1. The van der Waals surface area contributed by atoms with Crippen molar-refractivity contribution in [1.29, 1.82) is 0 Å². The van der Waals surface area contributed by atoms with Crippen molar-refractivity contribution >= 4 is 22.5 Å². The molecule has 0 aliphatic carbocycles. The zero-order valence-electron chi connectivity index (χ0n) is 19.1. The van der Waals surface area contributed by atoms with Crippen LogP contribution in [0.15, 0.2) is 36.4 Å². The number of pyridine rings is 1. The maximum atomic E-state index is 14.6. The van der Waals surface area contributed by atoms with Crippen LogP contribution in [0.25, 0.3) is 10.9 Å². The SMILES string of the molecule is Cc1ccc2c(OCCN3CCC(Cc4cc5c(c(F)c4F)OCC(=O)N5)CC3)cccc2n1. The number of piperidine rings is 1. The smallest absolute Gasteiger partial charge is 0.262 e. The molecular weight excluding hydrogens is 440 g/mol. The van der Waals surface area contributed by atoms with E-state index in [2.05, 4.69) is 15.2 Å². The van der Waals surface area contributed by atoms with Gasteiger partial charge >= 0.3 is 0 Å². The number of ether oxygens (including phenoxy) is 2. The van der Waals surface area contributed by atoms with Crippen LogP contribution in [-0.2, 0) is 11.2 Å². The molecule has 2 aliphatic heterocycles. The Labute approximate surface area is 196 Å². The van der Waals surface area contributed by atoms with Crippen LogP contribution < -0.4 is 14.8 Å². The number of halogens is 2. The van der Waals surface area contributed by atoms with Gasteiger partial charge in [-0.1, -0.05) is 6.07 Å². The van der Waals surface area contributed by atoms with Gasteiger partial charge in [-0.2, -0.15) is 4.39 Å². The predicted molar refractivity (Wildman–Crippen MR) is 125 cm³/mol. The van der Waals surface area contributed by atoms with Crippen molar-refractivity contribution in [1.82, 2.24) is 9.88 Å². The summed E-state index contributed by atoms with van der Waals surface area (Å²) in [5.41, 5.74) is 2.39. The van der Waals surface area contributed by atoms with Crippen LogP contribution in [0.2, 0.25) is 0 Å². The van der Waals surface area contributed by atoms with Crippen LogP contribution in [0.4, 0.5) is 14.5 Å². The van der Waals surface area contributed by atoms with Gasteiger partial charge in [-0.25, -0.2) is 4.39 Å². The van der Waals surface area contributed by atoms with E-state index in [-0.39, 0.29) is 35.4 Å². The van der Waals surface area contributed by atoms with Crippen LogP contribution in [0.3, 0.4) is 0 Å². The summed E-state index contributed by atoms with van der Waals surface area (Å²) in [6, 6.07) is 11.4. The number of benzene rings is 2. The number of likely N-dealkylation sites (tertiary alicyclic amines) is 1. The monoisotopic (exact) mass is 467 g/mol. The van der Waals surface area contributed by atoms with Gasteiger partial charge in [0.05, 0.1) is 11.2 Å². The molecule has 3 aromatic rings. The minimum atomic E-state index is -1.03. The molecule has 1 N–H and O–H groups in total. The zero-order valence-corrected chi connectivity index (χ0v) is 19.1. The van der Waals surface area contributed by atoms with E-state index in [1.54, 1.807) is 0 Å². The van der Waals surface area contributed by atoms with Crippen LogP contribution >= 0.6 is 0 Å². The molecule has 0 bridgehead atoms. The van der Waals surface area contributed by atoms with Gasteiger partial charge in [-0.3, -0.25) is 14.7 Å². The Kier molecular flexibility index (Phi) is 6.32. The van der Waals surface area contributed by atoms with Gasteiger partial charge in [0.15, 0.2) is 18.2 Å². The fourth-order valence-corrected chi connectivity index (χ4v) is 4.73. The summed E-state index contributed by atoms with van der Waals surface area (Å²) in [6.07, 6.45) is 2.20. The summed E-state index contributed by atoms with van der Waals surface area (Å²) >= 11 is 0. The van der Waals surface area contributed by atoms with Crippen LogP contribution in [-0.4, -0.2) is 48.6 Å². The molecule has 0 unspecified atom stereocenters. The summed E-state index contributed by atoms with van der Waals surface area (Å²) in [5.74, 6) is -1.41. The highest BCUT2D eigenvalue weighted by Gasteiger charge is 2.27. The van der Waals surface area contributed by atoms with Gasteiger partial charge < -0.3 is 14.8 Å². The predicted octanol–water partition coefficient (Wildman–Crippen LogP) is 4.49. The highest BCUT2D eigenvalue weighted by molar-refractivity contribution is 5.95. The van der Waals surface area contributed by atoms with Crippen molar-refractivity contribution in [2.24, 2.45) is 5.92 Å². The van der Waals surface area contributed by atoms with Crippen molar-refractivity contribution in [3.05, 3.63) is 59.3 Å². The van der Waals surface area contributed by atoms with E-state index in [9.17, 15) is 13.6 Å². The highest BCUT2D eigenvalue weighted by atomic mass is 19.2. The van der Waals surface area contributed by atoms with Crippen molar-refractivity contribution in [3.63, 3.8) is 0 Å². The van der Waals surface area contributed by atoms with E-state index in [0.29, 0.717) is 13.0 Å². The van der Waals surface area contributed by atoms with E-state index in [1.807, 2.05) is 37.3 Å². The Bertz CT molecular complexity index is 1230. The molecule has 1 fully saturated rings. The number of anilines is 1. The first-order valence-electron chi connectivity index (χ1n) is 11.6. The Hall–Kier alpha value is -3.26. The second-order valence-corrected chi connectivity index (χ2v) is 8.99. The molecule has 6 nitrogen and oxygen atoms in total. The molecule has 0 saturated carbocycles. The standard InChI is InChI=1S/C26H27F2N3O3/c1-16-5-6-19-20(29-16)3-2-4-22(19)33-12-11-31-9-7-17(8-10-31)13-18-14-21-26(25(28)24(18)27)34-15-23(32)30-21/h2-6,14,17H,7-13,15H2,1H3,(H,30,32). The van der Waals surface area contributed by atoms with E-state index in [4.69, 9.17) is 9.47 Å². The second-order valence-electron chi connectivity index (χ2n) is 8.99. The minimum Gasteiger partial charge on any atom is -0.492 e. The molecule has 178 valence electrons. The number of fused-ring (bicyclic) bond motifs is 2. The number of aromatic nitrogens is 1. The number of carbonyl (C=O) groups excluding carboxylic acids is 1. The number of rotatable bonds is 6. The average molecular weight is 468 g/mol. The lowest BCUT2D eigenvalue weighted by Crippen LogP contribution is -2.37. The van der Waals surface area contributed by atoms with Crippen LogP contribution in [0.1, 0.15) is 24.1 Å². The molecule has 1 saturated heterocycles. The van der Waals surface area contributed by atoms with E-state index < -0.39 is 11.6 Å². The Balaban J connectivity index is 1.14. The van der Waals surface area contributed by atoms with Gasteiger partial charge in [-0.15, -0.1) is 0 Å². The summed E-state index contributed by atoms with van der Waals surface area (Å²) in [4.78, 5) is 18.4. The Morgan fingerprint density at radius 2 is 2.00 bits per heavy atom. The molecule has 3 heterocycles. The largest absolute Gasteiger partial charge is 0.492 e. The molecule has 0 spiro atoms. The van der Waals surface area contributed by atoms with Crippen molar-refractivity contribution in [2.45, 2.75) is 26.2 Å². The van der Waals surface area contributed by atoms with Gasteiger partial charge in [0.25, 0.3) is 5.91 Å². The highest BCUT2D eigenvalue weighted by Crippen LogP contribution is 2.36. The third-order valence-electron chi connectivity index (χ3n) is 6.57. The Morgan fingerprint density at radius 1 is 1.18 bits per heavy atom. The van der Waals surface area contributed by atoms with Crippen LogP contribution in [0.5, 0.6) is 11.5 Å². The number of nitrogens with zero attached hydrogens (tertiary/aromatic N) is 2. The molecule has 1 aromatic heterocycles. The maximum absolute atomic E-state index is 14.6. The lowest BCUT2D eigenvalue weighted by molar-refractivity contribution is -0.118. The molecule has 1 amide bonds. The van der Waals surface area contributed by atoms with E-state index >= 15 is 0 Å². The molecule has 0 radical (unpaired) electrons. The first kappa shape index (κ1) is 22.5. The first-order valence-corrected chi connectivity index (χ1v) is 11.6. The molecule has 8 heteroatoms. The van der Waals surface area contributed by atoms with Gasteiger partial charge in [-0.05, 0) is 81.1 Å². The third kappa shape index (κ3) is 4.68. The second kappa shape index (κ2) is 9.54. The Morgan fingerprint density at radius 3 is 2.82 bits per heavy atom. The first-order chi connectivity index (χ1) is 16.5. The molecular formula is C26H27F2N3O3. The zero-order chi connectivity index (χ0) is 23.7. The van der Waals surface area contributed by atoms with Crippen molar-refractivity contribution in [3.8, 4) is 11.5 Å². The molecule has 34 heavy (non-hydrogen) atoms. The van der Waals surface area contributed by atoms with E-state index in [0.717, 1.165) is 54.8 Å². The van der Waals surface area contributed by atoms with Gasteiger partial charge in [0, 0.05) is 17.6 Å².